The summed E-state index contributed by atoms with van der Waals surface area (Å²) in [5, 5.41) is 16.2. The summed E-state index contributed by atoms with van der Waals surface area (Å²) in [6.07, 6.45) is 5.16. The number of aromatic nitrogens is 3. The lowest BCUT2D eigenvalue weighted by molar-refractivity contribution is -0.121. The van der Waals surface area contributed by atoms with Gasteiger partial charge in [-0.05, 0) is 18.8 Å². The van der Waals surface area contributed by atoms with Gasteiger partial charge in [-0.3, -0.25) is 9.48 Å². The molecule has 6 heteroatoms. The average Bonchev–Trinajstić information content (AvgIpc) is 3.01. The number of aryl methyl sites for hydroxylation is 1. The Balaban J connectivity index is 1.60. The Bertz CT molecular complexity index is 335. The van der Waals surface area contributed by atoms with E-state index in [1.165, 1.54) is 6.33 Å². The van der Waals surface area contributed by atoms with Crippen LogP contribution in [-0.4, -0.2) is 38.4 Å². The summed E-state index contributed by atoms with van der Waals surface area (Å²) >= 11 is 0. The molecular weight excluding hydrogens is 208 g/mol. The zero-order chi connectivity index (χ0) is 11.4. The molecular formula is C10H16N4O2. The Hall–Kier alpha value is -1.43. The van der Waals surface area contributed by atoms with Gasteiger partial charge in [0, 0.05) is 13.0 Å². The lowest BCUT2D eigenvalue weighted by atomic mass is 10.2. The molecule has 0 radical (unpaired) electrons. The maximum Gasteiger partial charge on any atom is 0.221 e. The third kappa shape index (κ3) is 3.30. The molecule has 1 heterocycles. The molecule has 0 aromatic carbocycles. The van der Waals surface area contributed by atoms with Gasteiger partial charge in [0.05, 0.1) is 12.6 Å². The van der Waals surface area contributed by atoms with E-state index in [1.807, 2.05) is 0 Å². The van der Waals surface area contributed by atoms with Crippen LogP contribution in [0.15, 0.2) is 12.7 Å². The van der Waals surface area contributed by atoms with Crippen molar-refractivity contribution in [2.24, 2.45) is 5.92 Å². The monoisotopic (exact) mass is 224 g/mol. The first kappa shape index (κ1) is 11.1. The van der Waals surface area contributed by atoms with Gasteiger partial charge in [-0.15, -0.1) is 0 Å². The van der Waals surface area contributed by atoms with Crippen molar-refractivity contribution in [2.45, 2.75) is 31.9 Å². The van der Waals surface area contributed by atoms with E-state index in [-0.39, 0.29) is 12.0 Å². The van der Waals surface area contributed by atoms with E-state index in [4.69, 9.17) is 0 Å². The first-order chi connectivity index (χ1) is 7.75. The van der Waals surface area contributed by atoms with Crippen LogP contribution in [0.4, 0.5) is 0 Å². The van der Waals surface area contributed by atoms with E-state index in [0.29, 0.717) is 25.4 Å². The lowest BCUT2D eigenvalue weighted by Crippen LogP contribution is -2.33. The van der Waals surface area contributed by atoms with Crippen molar-refractivity contribution < 1.29 is 9.90 Å². The van der Waals surface area contributed by atoms with Crippen LogP contribution in [0, 0.1) is 5.92 Å². The van der Waals surface area contributed by atoms with Crippen molar-refractivity contribution >= 4 is 5.91 Å². The molecule has 6 nitrogen and oxygen atoms in total. The number of amides is 1. The van der Waals surface area contributed by atoms with E-state index in [1.54, 1.807) is 11.0 Å². The van der Waals surface area contributed by atoms with Crippen LogP contribution in [0.25, 0.3) is 0 Å². The molecule has 88 valence electrons. The van der Waals surface area contributed by atoms with Crippen molar-refractivity contribution in [2.75, 3.05) is 6.54 Å². The lowest BCUT2D eigenvalue weighted by Gasteiger charge is -2.10. The van der Waals surface area contributed by atoms with Crippen LogP contribution in [-0.2, 0) is 11.3 Å². The fourth-order valence-electron chi connectivity index (χ4n) is 1.52. The Morgan fingerprint density at radius 2 is 2.44 bits per heavy atom. The van der Waals surface area contributed by atoms with E-state index >= 15 is 0 Å². The SMILES string of the molecule is O=C(CCn1cncn1)NCC(O)C1CC1. The third-order valence-electron chi connectivity index (χ3n) is 2.71. The van der Waals surface area contributed by atoms with Gasteiger partial charge in [0.2, 0.25) is 5.91 Å². The summed E-state index contributed by atoms with van der Waals surface area (Å²) in [6, 6.07) is 0. The number of hydrogen-bond donors (Lipinski definition) is 2. The van der Waals surface area contributed by atoms with Gasteiger partial charge in [0.15, 0.2) is 0 Å². The van der Waals surface area contributed by atoms with Gasteiger partial charge in [-0.25, -0.2) is 4.98 Å². The van der Waals surface area contributed by atoms with Gasteiger partial charge in [-0.1, -0.05) is 0 Å². The van der Waals surface area contributed by atoms with Crippen LogP contribution in [0.5, 0.6) is 0 Å². The summed E-state index contributed by atoms with van der Waals surface area (Å²) in [5.41, 5.74) is 0. The fraction of sp³-hybridized carbons (Fsp3) is 0.700. The second-order valence-corrected chi connectivity index (χ2v) is 4.12. The van der Waals surface area contributed by atoms with Crippen molar-refractivity contribution in [3.63, 3.8) is 0 Å². The molecule has 1 aromatic heterocycles. The minimum Gasteiger partial charge on any atom is -0.391 e. The highest BCUT2D eigenvalue weighted by molar-refractivity contribution is 5.75. The van der Waals surface area contributed by atoms with Crippen LogP contribution in [0.2, 0.25) is 0 Å². The summed E-state index contributed by atoms with van der Waals surface area (Å²) in [6.45, 7) is 0.881. The third-order valence-corrected chi connectivity index (χ3v) is 2.71. The minimum absolute atomic E-state index is 0.0600. The highest BCUT2D eigenvalue weighted by atomic mass is 16.3. The summed E-state index contributed by atoms with van der Waals surface area (Å²) < 4.78 is 1.61. The van der Waals surface area contributed by atoms with Crippen LogP contribution in [0.1, 0.15) is 19.3 Å². The number of aliphatic hydroxyl groups excluding tert-OH is 1. The van der Waals surface area contributed by atoms with E-state index in [9.17, 15) is 9.90 Å². The highest BCUT2D eigenvalue weighted by Crippen LogP contribution is 2.32. The summed E-state index contributed by atoms with van der Waals surface area (Å²) in [7, 11) is 0. The largest absolute Gasteiger partial charge is 0.391 e. The maximum absolute atomic E-state index is 11.4. The fourth-order valence-corrected chi connectivity index (χ4v) is 1.52. The van der Waals surface area contributed by atoms with E-state index in [2.05, 4.69) is 15.4 Å². The molecule has 1 saturated carbocycles. The van der Waals surface area contributed by atoms with Gasteiger partial charge in [-0.2, -0.15) is 5.10 Å². The number of hydrogen-bond acceptors (Lipinski definition) is 4. The number of carbonyl (C=O) groups excluding carboxylic acids is 1. The normalized spacial score (nSPS) is 17.1. The van der Waals surface area contributed by atoms with Gasteiger partial charge in [0.1, 0.15) is 12.7 Å². The van der Waals surface area contributed by atoms with Crippen LogP contribution < -0.4 is 5.32 Å². The molecule has 16 heavy (non-hydrogen) atoms. The van der Waals surface area contributed by atoms with Crippen LogP contribution >= 0.6 is 0 Å². The zero-order valence-corrected chi connectivity index (χ0v) is 9.04. The molecule has 1 aliphatic carbocycles. The quantitative estimate of drug-likeness (QED) is 0.686. The van der Waals surface area contributed by atoms with E-state index < -0.39 is 0 Å². The minimum atomic E-state index is -0.379. The molecule has 2 N–H and O–H groups in total. The summed E-state index contributed by atoms with van der Waals surface area (Å²) in [4.78, 5) is 15.2. The second kappa shape index (κ2) is 5.07. The number of rotatable bonds is 6. The number of nitrogens with zero attached hydrogens (tertiary/aromatic N) is 3. The molecule has 0 spiro atoms. The van der Waals surface area contributed by atoms with Gasteiger partial charge >= 0.3 is 0 Å². The first-order valence-corrected chi connectivity index (χ1v) is 5.53. The topological polar surface area (TPSA) is 80.0 Å². The Morgan fingerprint density at radius 1 is 1.62 bits per heavy atom. The number of aliphatic hydroxyl groups is 1. The van der Waals surface area contributed by atoms with Crippen molar-refractivity contribution in [3.8, 4) is 0 Å². The predicted molar refractivity (Wildman–Crippen MR) is 56.4 cm³/mol. The van der Waals surface area contributed by atoms with Crippen molar-refractivity contribution in [1.82, 2.24) is 20.1 Å². The molecule has 1 aliphatic rings. The Morgan fingerprint density at radius 3 is 3.06 bits per heavy atom. The molecule has 1 fully saturated rings. The molecule has 1 aromatic rings. The Kier molecular flexibility index (Phi) is 3.51. The van der Waals surface area contributed by atoms with E-state index in [0.717, 1.165) is 12.8 Å². The molecule has 0 saturated heterocycles. The predicted octanol–water partition coefficient (Wildman–Crippen LogP) is -0.445. The molecule has 1 atom stereocenters. The van der Waals surface area contributed by atoms with Crippen LogP contribution in [0.3, 0.4) is 0 Å². The molecule has 0 aliphatic heterocycles. The van der Waals surface area contributed by atoms with Gasteiger partial charge < -0.3 is 10.4 Å². The Labute approximate surface area is 93.7 Å². The first-order valence-electron chi connectivity index (χ1n) is 5.53. The van der Waals surface area contributed by atoms with Crippen molar-refractivity contribution in [3.05, 3.63) is 12.7 Å². The molecule has 0 bridgehead atoms. The zero-order valence-electron chi connectivity index (χ0n) is 9.04. The number of nitrogens with one attached hydrogen (secondary N) is 1. The van der Waals surface area contributed by atoms with Gasteiger partial charge in [0.25, 0.3) is 0 Å². The molecule has 2 rings (SSSR count). The average molecular weight is 224 g/mol. The number of carbonyl (C=O) groups is 1. The molecule has 1 amide bonds. The molecule has 1 unspecified atom stereocenters. The van der Waals surface area contributed by atoms with Crippen molar-refractivity contribution in [1.29, 1.82) is 0 Å². The maximum atomic E-state index is 11.4. The summed E-state index contributed by atoms with van der Waals surface area (Å²) in [5.74, 6) is 0.339. The smallest absolute Gasteiger partial charge is 0.221 e. The second-order valence-electron chi connectivity index (χ2n) is 4.12. The standard InChI is InChI=1S/C10H16N4O2/c15-9(8-1-2-8)5-12-10(16)3-4-14-7-11-6-13-14/h6-9,15H,1-5H2,(H,12,16). The highest BCUT2D eigenvalue weighted by Gasteiger charge is 2.29.